The van der Waals surface area contributed by atoms with Crippen molar-refractivity contribution < 1.29 is 18.7 Å². The van der Waals surface area contributed by atoms with Crippen molar-refractivity contribution in [2.24, 2.45) is 0 Å². The van der Waals surface area contributed by atoms with Crippen LogP contribution >= 0.6 is 15.9 Å². The number of hydrogen-bond donors (Lipinski definition) is 0. The van der Waals surface area contributed by atoms with Crippen molar-refractivity contribution in [2.45, 2.75) is 24.9 Å². The van der Waals surface area contributed by atoms with Crippen molar-refractivity contribution >= 4 is 21.7 Å². The number of benzene rings is 1. The summed E-state index contributed by atoms with van der Waals surface area (Å²) in [4.78, 5) is 12.4. The first-order chi connectivity index (χ1) is 9.07. The van der Waals surface area contributed by atoms with E-state index in [0.717, 1.165) is 0 Å². The van der Waals surface area contributed by atoms with E-state index in [9.17, 15) is 9.18 Å². The van der Waals surface area contributed by atoms with Gasteiger partial charge < -0.3 is 9.47 Å². The van der Waals surface area contributed by atoms with Crippen LogP contribution in [-0.4, -0.2) is 31.7 Å². The zero-order valence-electron chi connectivity index (χ0n) is 10.7. The van der Waals surface area contributed by atoms with Crippen molar-refractivity contribution in [1.29, 1.82) is 0 Å². The Morgan fingerprint density at radius 3 is 2.74 bits per heavy atom. The number of halogens is 2. The molecule has 0 saturated carbocycles. The first-order valence-electron chi connectivity index (χ1n) is 6.17. The van der Waals surface area contributed by atoms with Crippen LogP contribution in [0, 0.1) is 5.82 Å². The molecule has 19 heavy (non-hydrogen) atoms. The van der Waals surface area contributed by atoms with Gasteiger partial charge in [-0.05, 0) is 17.7 Å². The molecule has 1 fully saturated rings. The highest BCUT2D eigenvalue weighted by atomic mass is 79.9. The topological polar surface area (TPSA) is 35.5 Å². The Balaban J connectivity index is 2.15. The smallest absolute Gasteiger partial charge is 0.169 e. The maximum Gasteiger partial charge on any atom is 0.169 e. The molecular formula is C14H16BrFO3. The van der Waals surface area contributed by atoms with Gasteiger partial charge >= 0.3 is 0 Å². The quantitative estimate of drug-likeness (QED) is 0.851. The standard InChI is InChI=1S/C14H16BrFO3/c1-18-14(4-6-19-7-5-14)13(17)8-10-2-3-11(15)9-12(10)16/h2-3,9H,4-8H2,1H3. The highest BCUT2D eigenvalue weighted by Gasteiger charge is 2.39. The lowest BCUT2D eigenvalue weighted by atomic mass is 9.86. The maximum atomic E-state index is 13.8. The summed E-state index contributed by atoms with van der Waals surface area (Å²) in [5.74, 6) is -0.458. The van der Waals surface area contributed by atoms with E-state index in [4.69, 9.17) is 9.47 Å². The van der Waals surface area contributed by atoms with Crippen LogP contribution < -0.4 is 0 Å². The fourth-order valence-electron chi connectivity index (χ4n) is 2.30. The average Bonchev–Trinajstić information content (AvgIpc) is 2.42. The van der Waals surface area contributed by atoms with Crippen LogP contribution in [0.15, 0.2) is 22.7 Å². The van der Waals surface area contributed by atoms with E-state index < -0.39 is 5.60 Å². The van der Waals surface area contributed by atoms with Gasteiger partial charge in [0.2, 0.25) is 0 Å². The highest BCUT2D eigenvalue weighted by Crippen LogP contribution is 2.27. The number of carbonyl (C=O) groups excluding carboxylic acids is 1. The van der Waals surface area contributed by atoms with Crippen LogP contribution in [0.5, 0.6) is 0 Å². The molecular weight excluding hydrogens is 315 g/mol. The summed E-state index contributed by atoms with van der Waals surface area (Å²) < 4.78 is 25.1. The van der Waals surface area contributed by atoms with E-state index in [1.54, 1.807) is 12.1 Å². The number of Topliss-reactive ketones (excluding diaryl/α,β-unsaturated/α-hetero) is 1. The van der Waals surface area contributed by atoms with Crippen molar-refractivity contribution in [3.05, 3.63) is 34.1 Å². The van der Waals surface area contributed by atoms with E-state index in [1.807, 2.05) is 0 Å². The molecule has 1 heterocycles. The van der Waals surface area contributed by atoms with E-state index in [1.165, 1.54) is 13.2 Å². The fourth-order valence-corrected chi connectivity index (χ4v) is 2.63. The zero-order valence-corrected chi connectivity index (χ0v) is 12.3. The molecule has 5 heteroatoms. The Morgan fingerprint density at radius 2 is 2.16 bits per heavy atom. The minimum Gasteiger partial charge on any atom is -0.381 e. The summed E-state index contributed by atoms with van der Waals surface area (Å²) in [5.41, 5.74) is -0.422. The number of carbonyl (C=O) groups is 1. The number of rotatable bonds is 4. The largest absolute Gasteiger partial charge is 0.381 e. The van der Waals surface area contributed by atoms with Gasteiger partial charge in [-0.3, -0.25) is 4.79 Å². The molecule has 1 aliphatic heterocycles. The van der Waals surface area contributed by atoms with Gasteiger partial charge in [0.05, 0.1) is 0 Å². The molecule has 1 aliphatic rings. The van der Waals surface area contributed by atoms with Crippen molar-refractivity contribution in [3.8, 4) is 0 Å². The van der Waals surface area contributed by atoms with Crippen LogP contribution in [0.2, 0.25) is 0 Å². The van der Waals surface area contributed by atoms with Gasteiger partial charge in [0.1, 0.15) is 11.4 Å². The highest BCUT2D eigenvalue weighted by molar-refractivity contribution is 9.10. The molecule has 104 valence electrons. The van der Waals surface area contributed by atoms with E-state index in [0.29, 0.717) is 36.1 Å². The van der Waals surface area contributed by atoms with Crippen LogP contribution in [0.4, 0.5) is 4.39 Å². The summed E-state index contributed by atoms with van der Waals surface area (Å²) in [6.45, 7) is 1.00. The summed E-state index contributed by atoms with van der Waals surface area (Å²) >= 11 is 3.20. The second-order valence-electron chi connectivity index (χ2n) is 4.65. The molecule has 0 unspecified atom stereocenters. The molecule has 1 aromatic carbocycles. The SMILES string of the molecule is COC1(C(=O)Cc2ccc(Br)cc2F)CCOCC1. The van der Waals surface area contributed by atoms with Gasteiger partial charge in [0.25, 0.3) is 0 Å². The Bertz CT molecular complexity index is 470. The van der Waals surface area contributed by atoms with Crippen molar-refractivity contribution in [2.75, 3.05) is 20.3 Å². The maximum absolute atomic E-state index is 13.8. The normalized spacial score (nSPS) is 18.3. The molecule has 1 aromatic rings. The second-order valence-corrected chi connectivity index (χ2v) is 5.56. The van der Waals surface area contributed by atoms with Gasteiger partial charge in [0, 0.05) is 44.1 Å². The first-order valence-corrected chi connectivity index (χ1v) is 6.97. The third kappa shape index (κ3) is 3.22. The third-order valence-electron chi connectivity index (χ3n) is 3.57. The van der Waals surface area contributed by atoms with E-state index in [-0.39, 0.29) is 18.0 Å². The van der Waals surface area contributed by atoms with Gasteiger partial charge in [0.15, 0.2) is 5.78 Å². The van der Waals surface area contributed by atoms with Crippen molar-refractivity contribution in [3.63, 3.8) is 0 Å². The summed E-state index contributed by atoms with van der Waals surface area (Å²) in [6, 6.07) is 4.72. The molecule has 1 saturated heterocycles. The molecule has 0 amide bonds. The molecule has 0 spiro atoms. The number of hydrogen-bond acceptors (Lipinski definition) is 3. The van der Waals surface area contributed by atoms with Gasteiger partial charge in [-0.15, -0.1) is 0 Å². The number of ketones is 1. The lowest BCUT2D eigenvalue weighted by molar-refractivity contribution is -0.152. The first kappa shape index (κ1) is 14.6. The van der Waals surface area contributed by atoms with Crippen LogP contribution in [0.3, 0.4) is 0 Å². The lowest BCUT2D eigenvalue weighted by Gasteiger charge is -2.34. The van der Waals surface area contributed by atoms with E-state index >= 15 is 0 Å². The number of ether oxygens (including phenoxy) is 2. The Kier molecular flexibility index (Phi) is 4.71. The second kappa shape index (κ2) is 6.11. The van der Waals surface area contributed by atoms with Crippen LogP contribution in [0.25, 0.3) is 0 Å². The van der Waals surface area contributed by atoms with Gasteiger partial charge in [-0.1, -0.05) is 22.0 Å². The minimum atomic E-state index is -0.822. The van der Waals surface area contributed by atoms with Crippen LogP contribution in [-0.2, 0) is 20.7 Å². The average molecular weight is 331 g/mol. The third-order valence-corrected chi connectivity index (χ3v) is 4.06. The van der Waals surface area contributed by atoms with Crippen LogP contribution in [0.1, 0.15) is 18.4 Å². The van der Waals surface area contributed by atoms with Crippen molar-refractivity contribution in [1.82, 2.24) is 0 Å². The predicted octanol–water partition coefficient (Wildman–Crippen LogP) is 2.90. The number of methoxy groups -OCH3 is 1. The summed E-state index contributed by atoms with van der Waals surface area (Å²) in [7, 11) is 1.53. The molecule has 3 nitrogen and oxygen atoms in total. The molecule has 0 aliphatic carbocycles. The molecule has 0 N–H and O–H groups in total. The van der Waals surface area contributed by atoms with Gasteiger partial charge in [-0.2, -0.15) is 0 Å². The zero-order chi connectivity index (χ0) is 13.9. The lowest BCUT2D eigenvalue weighted by Crippen LogP contribution is -2.46. The summed E-state index contributed by atoms with van der Waals surface area (Å²) in [6.07, 6.45) is 1.11. The minimum absolute atomic E-state index is 0.0486. The van der Waals surface area contributed by atoms with E-state index in [2.05, 4.69) is 15.9 Å². The Labute approximate surface area is 120 Å². The monoisotopic (exact) mass is 330 g/mol. The Hall–Kier alpha value is -0.780. The molecule has 0 bridgehead atoms. The molecule has 0 aromatic heterocycles. The molecule has 2 rings (SSSR count). The fraction of sp³-hybridized carbons (Fsp3) is 0.500. The predicted molar refractivity (Wildman–Crippen MR) is 72.6 cm³/mol. The molecule has 0 radical (unpaired) electrons. The Morgan fingerprint density at radius 1 is 1.47 bits per heavy atom. The summed E-state index contributed by atoms with van der Waals surface area (Å²) in [5, 5.41) is 0. The van der Waals surface area contributed by atoms with Gasteiger partial charge in [-0.25, -0.2) is 4.39 Å². The molecule has 0 atom stereocenters.